The molecule has 2 aromatic carbocycles. The molecule has 23 heavy (non-hydrogen) atoms. The van der Waals surface area contributed by atoms with Gasteiger partial charge in [-0.05, 0) is 51.4 Å². The van der Waals surface area contributed by atoms with Crippen molar-refractivity contribution in [2.45, 2.75) is 13.0 Å². The zero-order valence-corrected chi connectivity index (χ0v) is 15.0. The van der Waals surface area contributed by atoms with Crippen LogP contribution in [-0.4, -0.2) is 21.9 Å². The number of methoxy groups -OCH3 is 1. The topological polar surface area (TPSA) is 42.8 Å². The summed E-state index contributed by atoms with van der Waals surface area (Å²) in [5.41, 5.74) is 2.31. The summed E-state index contributed by atoms with van der Waals surface area (Å²) in [6.07, 6.45) is 0.738. The van der Waals surface area contributed by atoms with E-state index in [1.807, 2.05) is 41.0 Å². The van der Waals surface area contributed by atoms with Gasteiger partial charge in [0.2, 0.25) is 0 Å². The van der Waals surface area contributed by atoms with Crippen molar-refractivity contribution in [3.63, 3.8) is 0 Å². The van der Waals surface area contributed by atoms with Crippen LogP contribution >= 0.6 is 28.1 Å². The minimum Gasteiger partial charge on any atom is -0.496 e. The standard InChI is InChI=1S/C17H16BrN3OS/c1-22-15-9-13(7-8-14(15)18)11-21-16(19-20-17(21)23)10-12-5-3-2-4-6-12/h2-9H,10-11H2,1H3,(H,20,23). The van der Waals surface area contributed by atoms with Gasteiger partial charge in [-0.15, -0.1) is 0 Å². The number of H-pyrrole nitrogens is 1. The van der Waals surface area contributed by atoms with Crippen LogP contribution in [0.1, 0.15) is 17.0 Å². The molecule has 0 saturated heterocycles. The monoisotopic (exact) mass is 389 g/mol. The molecule has 1 aromatic heterocycles. The molecule has 0 atom stereocenters. The fourth-order valence-corrected chi connectivity index (χ4v) is 3.04. The number of benzene rings is 2. The van der Waals surface area contributed by atoms with E-state index >= 15 is 0 Å². The molecule has 0 aliphatic rings. The Morgan fingerprint density at radius 1 is 1.17 bits per heavy atom. The van der Waals surface area contributed by atoms with E-state index in [4.69, 9.17) is 17.0 Å². The predicted octanol–water partition coefficient (Wildman–Crippen LogP) is 4.35. The molecule has 3 aromatic rings. The minimum absolute atomic E-state index is 0.623. The number of aromatic amines is 1. The number of hydrogen-bond donors (Lipinski definition) is 1. The molecule has 6 heteroatoms. The Balaban J connectivity index is 1.89. The molecule has 3 rings (SSSR count). The van der Waals surface area contributed by atoms with Gasteiger partial charge in [-0.25, -0.2) is 0 Å². The van der Waals surface area contributed by atoms with Crippen molar-refractivity contribution in [1.29, 1.82) is 0 Å². The van der Waals surface area contributed by atoms with E-state index in [0.717, 1.165) is 28.0 Å². The number of hydrogen-bond acceptors (Lipinski definition) is 3. The molecule has 118 valence electrons. The minimum atomic E-state index is 0.623. The van der Waals surface area contributed by atoms with Gasteiger partial charge in [-0.2, -0.15) is 5.10 Å². The Labute approximate surface area is 148 Å². The van der Waals surface area contributed by atoms with Gasteiger partial charge in [-0.1, -0.05) is 36.4 Å². The fraction of sp³-hybridized carbons (Fsp3) is 0.176. The summed E-state index contributed by atoms with van der Waals surface area (Å²) >= 11 is 8.85. The van der Waals surface area contributed by atoms with Gasteiger partial charge in [0.15, 0.2) is 4.77 Å². The van der Waals surface area contributed by atoms with Gasteiger partial charge < -0.3 is 4.74 Å². The van der Waals surface area contributed by atoms with Crippen LogP contribution in [0.25, 0.3) is 0 Å². The third-order valence-electron chi connectivity index (χ3n) is 3.60. The van der Waals surface area contributed by atoms with E-state index in [1.54, 1.807) is 7.11 Å². The van der Waals surface area contributed by atoms with Gasteiger partial charge in [0.1, 0.15) is 11.6 Å². The first kappa shape index (κ1) is 16.0. The molecule has 4 nitrogen and oxygen atoms in total. The average molecular weight is 390 g/mol. The Hall–Kier alpha value is -1.92. The maximum atomic E-state index is 5.38. The van der Waals surface area contributed by atoms with E-state index in [9.17, 15) is 0 Å². The number of halogens is 1. The van der Waals surface area contributed by atoms with Gasteiger partial charge >= 0.3 is 0 Å². The third-order valence-corrected chi connectivity index (χ3v) is 4.57. The first-order valence-corrected chi connectivity index (χ1v) is 8.38. The Bertz CT molecular complexity index is 858. The summed E-state index contributed by atoms with van der Waals surface area (Å²) in [5.74, 6) is 1.73. The van der Waals surface area contributed by atoms with Gasteiger partial charge in [0.05, 0.1) is 18.1 Å². The number of nitrogens with zero attached hydrogens (tertiary/aromatic N) is 2. The Morgan fingerprint density at radius 3 is 2.70 bits per heavy atom. The number of ether oxygens (including phenoxy) is 1. The molecule has 0 fully saturated rings. The van der Waals surface area contributed by atoms with Crippen LogP contribution in [0.5, 0.6) is 5.75 Å². The van der Waals surface area contributed by atoms with Crippen molar-refractivity contribution < 1.29 is 4.74 Å². The van der Waals surface area contributed by atoms with E-state index in [1.165, 1.54) is 5.56 Å². The summed E-state index contributed by atoms with van der Waals surface area (Å²) in [5, 5.41) is 7.27. The maximum Gasteiger partial charge on any atom is 0.195 e. The molecular weight excluding hydrogens is 374 g/mol. The second kappa shape index (κ2) is 7.10. The zero-order chi connectivity index (χ0) is 16.2. The van der Waals surface area contributed by atoms with Crippen LogP contribution in [0.4, 0.5) is 0 Å². The summed E-state index contributed by atoms with van der Waals surface area (Å²) in [6.45, 7) is 0.654. The van der Waals surface area contributed by atoms with E-state index in [0.29, 0.717) is 11.3 Å². The molecule has 0 radical (unpaired) electrons. The number of aromatic nitrogens is 3. The van der Waals surface area contributed by atoms with Crippen molar-refractivity contribution in [2.75, 3.05) is 7.11 Å². The Morgan fingerprint density at radius 2 is 1.96 bits per heavy atom. The highest BCUT2D eigenvalue weighted by atomic mass is 79.9. The van der Waals surface area contributed by atoms with Crippen LogP contribution < -0.4 is 4.74 Å². The summed E-state index contributed by atoms with van der Waals surface area (Å²) in [6, 6.07) is 16.3. The highest BCUT2D eigenvalue weighted by Crippen LogP contribution is 2.26. The van der Waals surface area contributed by atoms with E-state index in [-0.39, 0.29) is 0 Å². The first-order valence-electron chi connectivity index (χ1n) is 7.18. The zero-order valence-electron chi connectivity index (χ0n) is 12.6. The predicted molar refractivity (Wildman–Crippen MR) is 96.5 cm³/mol. The van der Waals surface area contributed by atoms with Gasteiger partial charge in [0.25, 0.3) is 0 Å². The molecule has 1 N–H and O–H groups in total. The average Bonchev–Trinajstić information content (AvgIpc) is 2.90. The lowest BCUT2D eigenvalue weighted by Gasteiger charge is -2.10. The van der Waals surface area contributed by atoms with Gasteiger partial charge in [0, 0.05) is 6.42 Å². The summed E-state index contributed by atoms with van der Waals surface area (Å²) in [7, 11) is 1.66. The smallest absolute Gasteiger partial charge is 0.195 e. The molecule has 0 unspecified atom stereocenters. The van der Waals surface area contributed by atoms with Crippen molar-refractivity contribution in [2.24, 2.45) is 0 Å². The summed E-state index contributed by atoms with van der Waals surface area (Å²) in [4.78, 5) is 0. The second-order valence-electron chi connectivity index (χ2n) is 5.16. The van der Waals surface area contributed by atoms with Gasteiger partial charge in [-0.3, -0.25) is 9.67 Å². The molecule has 0 bridgehead atoms. The lowest BCUT2D eigenvalue weighted by molar-refractivity contribution is 0.411. The molecular formula is C17H16BrN3OS. The number of rotatable bonds is 5. The van der Waals surface area contributed by atoms with Crippen LogP contribution in [0.2, 0.25) is 0 Å². The maximum absolute atomic E-state index is 5.38. The fourth-order valence-electron chi connectivity index (χ4n) is 2.41. The van der Waals surface area contributed by atoms with Crippen molar-refractivity contribution >= 4 is 28.1 Å². The molecule has 0 spiro atoms. The SMILES string of the molecule is COc1cc(Cn2c(Cc3ccccc3)n[nH]c2=S)ccc1Br. The lowest BCUT2D eigenvalue weighted by atomic mass is 10.1. The van der Waals surface area contributed by atoms with Crippen molar-refractivity contribution in [1.82, 2.24) is 14.8 Å². The van der Waals surface area contributed by atoms with E-state index < -0.39 is 0 Å². The van der Waals surface area contributed by atoms with Crippen LogP contribution in [-0.2, 0) is 13.0 Å². The Kier molecular flexibility index (Phi) is 4.93. The lowest BCUT2D eigenvalue weighted by Crippen LogP contribution is -2.06. The van der Waals surface area contributed by atoms with Crippen molar-refractivity contribution in [3.8, 4) is 5.75 Å². The van der Waals surface area contributed by atoms with E-state index in [2.05, 4.69) is 38.3 Å². The largest absolute Gasteiger partial charge is 0.496 e. The molecule has 0 aliphatic heterocycles. The molecule has 0 saturated carbocycles. The van der Waals surface area contributed by atoms with Crippen molar-refractivity contribution in [3.05, 3.63) is 74.7 Å². The molecule has 0 aliphatic carbocycles. The molecule has 1 heterocycles. The number of nitrogens with one attached hydrogen (secondary N) is 1. The first-order chi connectivity index (χ1) is 11.2. The molecule has 0 amide bonds. The second-order valence-corrected chi connectivity index (χ2v) is 6.40. The highest BCUT2D eigenvalue weighted by molar-refractivity contribution is 9.10. The normalized spacial score (nSPS) is 10.7. The highest BCUT2D eigenvalue weighted by Gasteiger charge is 2.09. The van der Waals surface area contributed by atoms with Crippen LogP contribution in [0.3, 0.4) is 0 Å². The third kappa shape index (κ3) is 3.71. The summed E-state index contributed by atoms with van der Waals surface area (Å²) < 4.78 is 8.93. The van der Waals surface area contributed by atoms with Crippen LogP contribution in [0, 0.1) is 4.77 Å². The van der Waals surface area contributed by atoms with Crippen LogP contribution in [0.15, 0.2) is 53.0 Å². The quantitative estimate of drug-likeness (QED) is 0.659.